The largest absolute Gasteiger partial charge is 0.375 e. The molecule has 2 aliphatic rings. The molecule has 1 atom stereocenters. The Hall–Kier alpha value is -2.38. The number of carbonyl (C=O) groups is 1. The van der Waals surface area contributed by atoms with Crippen LogP contribution in [-0.2, 0) is 16.1 Å². The van der Waals surface area contributed by atoms with E-state index in [4.69, 9.17) is 9.47 Å². The van der Waals surface area contributed by atoms with E-state index in [-0.39, 0.29) is 11.5 Å². The van der Waals surface area contributed by atoms with Gasteiger partial charge in [0.1, 0.15) is 5.60 Å². The summed E-state index contributed by atoms with van der Waals surface area (Å²) in [5, 5.41) is 7.49. The number of pyridine rings is 1. The SMILES string of the molecule is O=C(c1ccnnc1)N1CC2(C1)OCC[C@H]2CCOCc1ccccn1. The van der Waals surface area contributed by atoms with E-state index < -0.39 is 0 Å². The summed E-state index contributed by atoms with van der Waals surface area (Å²) < 4.78 is 11.8. The molecule has 2 aromatic heterocycles. The van der Waals surface area contributed by atoms with Gasteiger partial charge in [0, 0.05) is 19.4 Å². The average molecular weight is 354 g/mol. The van der Waals surface area contributed by atoms with Crippen molar-refractivity contribution in [2.45, 2.75) is 25.0 Å². The molecule has 136 valence electrons. The van der Waals surface area contributed by atoms with E-state index in [1.165, 1.54) is 12.4 Å². The molecule has 4 heterocycles. The van der Waals surface area contributed by atoms with Gasteiger partial charge in [-0.2, -0.15) is 10.2 Å². The molecule has 0 unspecified atom stereocenters. The van der Waals surface area contributed by atoms with Gasteiger partial charge >= 0.3 is 0 Å². The maximum atomic E-state index is 12.5. The summed E-state index contributed by atoms with van der Waals surface area (Å²) in [6.45, 7) is 3.23. The molecular formula is C19H22N4O3. The van der Waals surface area contributed by atoms with Gasteiger partial charge < -0.3 is 14.4 Å². The van der Waals surface area contributed by atoms with E-state index >= 15 is 0 Å². The monoisotopic (exact) mass is 354 g/mol. The normalized spacial score (nSPS) is 20.9. The molecule has 0 bridgehead atoms. The number of nitrogens with zero attached hydrogens (tertiary/aromatic N) is 4. The molecule has 0 aromatic carbocycles. The highest BCUT2D eigenvalue weighted by molar-refractivity contribution is 5.94. The number of amides is 1. The second kappa shape index (κ2) is 7.47. The van der Waals surface area contributed by atoms with E-state index in [0.29, 0.717) is 37.8 Å². The fraction of sp³-hybridized carbons (Fsp3) is 0.474. The molecule has 2 aromatic rings. The number of rotatable bonds is 6. The first kappa shape index (κ1) is 17.1. The van der Waals surface area contributed by atoms with Gasteiger partial charge in [-0.3, -0.25) is 9.78 Å². The Labute approximate surface area is 152 Å². The standard InChI is InChI=1S/C19H22N4O3/c24-18(15-4-8-21-22-11-15)23-13-19(14-23)16(6-10-26-19)5-9-25-12-17-3-1-2-7-20-17/h1-4,7-8,11,16H,5-6,9-10,12-14H2/t16-/m1/s1. The van der Waals surface area contributed by atoms with Gasteiger partial charge in [0.25, 0.3) is 5.91 Å². The average Bonchev–Trinajstić information content (AvgIpc) is 3.09. The van der Waals surface area contributed by atoms with Crippen LogP contribution >= 0.6 is 0 Å². The van der Waals surface area contributed by atoms with Crippen LogP contribution in [0.1, 0.15) is 28.9 Å². The van der Waals surface area contributed by atoms with Gasteiger partial charge in [-0.1, -0.05) is 6.07 Å². The molecule has 1 spiro atoms. The molecule has 26 heavy (non-hydrogen) atoms. The second-order valence-corrected chi connectivity index (χ2v) is 6.85. The zero-order valence-corrected chi connectivity index (χ0v) is 14.6. The minimum Gasteiger partial charge on any atom is -0.375 e. The molecule has 1 amide bonds. The highest BCUT2D eigenvalue weighted by Crippen LogP contribution is 2.42. The van der Waals surface area contributed by atoms with Crippen molar-refractivity contribution < 1.29 is 14.3 Å². The molecule has 4 rings (SSSR count). The molecular weight excluding hydrogens is 332 g/mol. The van der Waals surface area contributed by atoms with E-state index in [0.717, 1.165) is 25.1 Å². The fourth-order valence-corrected chi connectivity index (χ4v) is 3.77. The highest BCUT2D eigenvalue weighted by Gasteiger charge is 2.54. The van der Waals surface area contributed by atoms with Crippen LogP contribution in [-0.4, -0.2) is 57.9 Å². The van der Waals surface area contributed by atoms with Crippen molar-refractivity contribution in [1.29, 1.82) is 0 Å². The molecule has 7 nitrogen and oxygen atoms in total. The summed E-state index contributed by atoms with van der Waals surface area (Å²) in [4.78, 5) is 18.5. The van der Waals surface area contributed by atoms with Crippen LogP contribution in [0.3, 0.4) is 0 Å². The Kier molecular flexibility index (Phi) is 4.90. The molecule has 0 saturated carbocycles. The van der Waals surface area contributed by atoms with Crippen LogP contribution in [0.2, 0.25) is 0 Å². The molecule has 7 heteroatoms. The number of hydrogen-bond donors (Lipinski definition) is 0. The van der Waals surface area contributed by atoms with Gasteiger partial charge in [0.05, 0.1) is 43.3 Å². The lowest BCUT2D eigenvalue weighted by molar-refractivity contribution is -0.120. The van der Waals surface area contributed by atoms with E-state index in [9.17, 15) is 4.79 Å². The summed E-state index contributed by atoms with van der Waals surface area (Å²) in [5.41, 5.74) is 1.31. The van der Waals surface area contributed by atoms with Crippen LogP contribution in [0.25, 0.3) is 0 Å². The fourth-order valence-electron chi connectivity index (χ4n) is 3.77. The summed E-state index contributed by atoms with van der Waals surface area (Å²) >= 11 is 0. The lowest BCUT2D eigenvalue weighted by atomic mass is 9.79. The van der Waals surface area contributed by atoms with Gasteiger partial charge in [-0.05, 0) is 37.0 Å². The Morgan fingerprint density at radius 3 is 2.96 bits per heavy atom. The summed E-state index contributed by atoms with van der Waals surface area (Å²) in [7, 11) is 0. The Balaban J connectivity index is 1.26. The summed E-state index contributed by atoms with van der Waals surface area (Å²) in [6, 6.07) is 7.51. The topological polar surface area (TPSA) is 77.4 Å². The third-order valence-electron chi connectivity index (χ3n) is 5.22. The lowest BCUT2D eigenvalue weighted by Gasteiger charge is -2.50. The maximum Gasteiger partial charge on any atom is 0.255 e. The second-order valence-electron chi connectivity index (χ2n) is 6.85. The Morgan fingerprint density at radius 2 is 2.19 bits per heavy atom. The zero-order chi connectivity index (χ0) is 17.8. The van der Waals surface area contributed by atoms with Crippen molar-refractivity contribution in [3.05, 3.63) is 54.1 Å². The van der Waals surface area contributed by atoms with E-state index in [1.807, 2.05) is 23.1 Å². The van der Waals surface area contributed by atoms with Crippen molar-refractivity contribution in [3.8, 4) is 0 Å². The number of ether oxygens (including phenoxy) is 2. The van der Waals surface area contributed by atoms with Crippen molar-refractivity contribution in [2.75, 3.05) is 26.3 Å². The number of hydrogen-bond acceptors (Lipinski definition) is 6. The summed E-state index contributed by atoms with van der Waals surface area (Å²) in [5.74, 6) is 0.414. The van der Waals surface area contributed by atoms with Gasteiger partial charge in [-0.15, -0.1) is 0 Å². The number of aromatic nitrogens is 3. The van der Waals surface area contributed by atoms with E-state index in [1.54, 1.807) is 12.3 Å². The predicted molar refractivity (Wildman–Crippen MR) is 93.2 cm³/mol. The van der Waals surface area contributed by atoms with Crippen molar-refractivity contribution >= 4 is 5.91 Å². The van der Waals surface area contributed by atoms with Crippen LogP contribution in [0, 0.1) is 5.92 Å². The molecule has 2 aliphatic heterocycles. The molecule has 2 fully saturated rings. The smallest absolute Gasteiger partial charge is 0.255 e. The van der Waals surface area contributed by atoms with Crippen LogP contribution < -0.4 is 0 Å². The minimum absolute atomic E-state index is 0.00817. The third-order valence-corrected chi connectivity index (χ3v) is 5.22. The van der Waals surface area contributed by atoms with Crippen LogP contribution in [0.5, 0.6) is 0 Å². The predicted octanol–water partition coefficient (Wildman–Crippen LogP) is 1.71. The van der Waals surface area contributed by atoms with Crippen LogP contribution in [0.15, 0.2) is 42.9 Å². The van der Waals surface area contributed by atoms with Gasteiger partial charge in [0.2, 0.25) is 0 Å². The zero-order valence-electron chi connectivity index (χ0n) is 14.6. The lowest BCUT2D eigenvalue weighted by Crippen LogP contribution is -2.66. The quantitative estimate of drug-likeness (QED) is 0.735. The number of likely N-dealkylation sites (tertiary alicyclic amines) is 1. The first-order chi connectivity index (χ1) is 12.8. The number of carbonyl (C=O) groups excluding carboxylic acids is 1. The molecule has 0 radical (unpaired) electrons. The van der Waals surface area contributed by atoms with E-state index in [2.05, 4.69) is 15.2 Å². The molecule has 2 saturated heterocycles. The van der Waals surface area contributed by atoms with Crippen LogP contribution in [0.4, 0.5) is 0 Å². The molecule has 0 aliphatic carbocycles. The molecule has 0 N–H and O–H groups in total. The van der Waals surface area contributed by atoms with Gasteiger partial charge in [-0.25, -0.2) is 0 Å². The van der Waals surface area contributed by atoms with Gasteiger partial charge in [0.15, 0.2) is 0 Å². The van der Waals surface area contributed by atoms with Crippen molar-refractivity contribution in [2.24, 2.45) is 5.92 Å². The third kappa shape index (κ3) is 3.45. The Morgan fingerprint density at radius 1 is 1.27 bits per heavy atom. The van der Waals surface area contributed by atoms with Crippen molar-refractivity contribution in [1.82, 2.24) is 20.1 Å². The minimum atomic E-state index is -0.204. The maximum absolute atomic E-state index is 12.5. The van der Waals surface area contributed by atoms with Crippen molar-refractivity contribution in [3.63, 3.8) is 0 Å². The summed E-state index contributed by atoms with van der Waals surface area (Å²) in [6.07, 6.45) is 6.77. The first-order valence-electron chi connectivity index (χ1n) is 8.94. The first-order valence-corrected chi connectivity index (χ1v) is 8.94. The Bertz CT molecular complexity index is 735. The highest BCUT2D eigenvalue weighted by atomic mass is 16.5.